The SMILES string of the molecule is COc1ccccc1NS(=O)(=O)c1cc([N+](=O)[O-])c(Cl)s1. The van der Waals surface area contributed by atoms with E-state index in [1.807, 2.05) is 0 Å². The van der Waals surface area contributed by atoms with E-state index in [2.05, 4.69) is 4.72 Å². The number of para-hydroxylation sites is 2. The summed E-state index contributed by atoms with van der Waals surface area (Å²) in [5, 5.41) is 10.7. The maximum absolute atomic E-state index is 12.2. The number of methoxy groups -OCH3 is 1. The molecule has 0 unspecified atom stereocenters. The van der Waals surface area contributed by atoms with Crippen LogP contribution >= 0.6 is 22.9 Å². The van der Waals surface area contributed by atoms with Gasteiger partial charge in [0.05, 0.1) is 17.7 Å². The third-order valence-corrected chi connectivity index (χ3v) is 5.64. The predicted octanol–water partition coefficient (Wildman–Crippen LogP) is 3.12. The fourth-order valence-corrected chi connectivity index (χ4v) is 4.25. The lowest BCUT2D eigenvalue weighted by Gasteiger charge is -2.10. The van der Waals surface area contributed by atoms with E-state index in [1.54, 1.807) is 18.2 Å². The molecule has 0 fully saturated rings. The Balaban J connectivity index is 2.39. The van der Waals surface area contributed by atoms with Crippen LogP contribution in [0.25, 0.3) is 0 Å². The monoisotopic (exact) mass is 348 g/mol. The molecule has 1 N–H and O–H groups in total. The molecule has 0 saturated carbocycles. The molecule has 0 aliphatic rings. The zero-order valence-electron chi connectivity index (χ0n) is 10.6. The van der Waals surface area contributed by atoms with Crippen molar-refractivity contribution in [2.24, 2.45) is 0 Å². The number of benzene rings is 1. The summed E-state index contributed by atoms with van der Waals surface area (Å²) in [6.45, 7) is 0. The second-order valence-corrected chi connectivity index (χ2v) is 7.35. The number of sulfonamides is 1. The summed E-state index contributed by atoms with van der Waals surface area (Å²) in [7, 11) is -2.58. The van der Waals surface area contributed by atoms with Crippen LogP contribution in [0.4, 0.5) is 11.4 Å². The second kappa shape index (κ2) is 5.88. The van der Waals surface area contributed by atoms with Crippen molar-refractivity contribution < 1.29 is 18.1 Å². The van der Waals surface area contributed by atoms with Gasteiger partial charge in [0.25, 0.3) is 15.7 Å². The molecule has 1 heterocycles. The lowest BCUT2D eigenvalue weighted by Crippen LogP contribution is -2.12. The molecule has 0 saturated heterocycles. The highest BCUT2D eigenvalue weighted by Gasteiger charge is 2.25. The van der Waals surface area contributed by atoms with Gasteiger partial charge in [-0.1, -0.05) is 23.7 Å². The smallest absolute Gasteiger partial charge is 0.300 e. The molecule has 21 heavy (non-hydrogen) atoms. The number of nitrogens with zero attached hydrogens (tertiary/aromatic N) is 1. The molecule has 0 spiro atoms. The maximum atomic E-state index is 12.2. The molecular formula is C11H9ClN2O5S2. The van der Waals surface area contributed by atoms with Crippen LogP contribution in [-0.4, -0.2) is 20.5 Å². The molecule has 2 aromatic rings. The molecule has 10 heteroatoms. The largest absolute Gasteiger partial charge is 0.495 e. The van der Waals surface area contributed by atoms with Gasteiger partial charge in [-0.2, -0.15) is 0 Å². The minimum absolute atomic E-state index is 0.194. The number of ether oxygens (including phenoxy) is 1. The van der Waals surface area contributed by atoms with Crippen LogP contribution in [0.15, 0.2) is 34.5 Å². The first-order valence-corrected chi connectivity index (χ1v) is 8.12. The molecule has 2 rings (SSSR count). The Morgan fingerprint density at radius 2 is 2.05 bits per heavy atom. The van der Waals surface area contributed by atoms with Gasteiger partial charge < -0.3 is 4.74 Å². The minimum Gasteiger partial charge on any atom is -0.495 e. The van der Waals surface area contributed by atoms with Crippen molar-refractivity contribution in [2.45, 2.75) is 4.21 Å². The van der Waals surface area contributed by atoms with Crippen molar-refractivity contribution >= 4 is 44.3 Å². The van der Waals surface area contributed by atoms with Crippen LogP contribution in [0.3, 0.4) is 0 Å². The predicted molar refractivity (Wildman–Crippen MR) is 79.8 cm³/mol. The van der Waals surface area contributed by atoms with Crippen molar-refractivity contribution in [3.05, 3.63) is 44.8 Å². The van der Waals surface area contributed by atoms with Crippen molar-refractivity contribution in [3.8, 4) is 5.75 Å². The van der Waals surface area contributed by atoms with Crippen molar-refractivity contribution in [1.82, 2.24) is 0 Å². The van der Waals surface area contributed by atoms with Gasteiger partial charge >= 0.3 is 0 Å². The van der Waals surface area contributed by atoms with E-state index in [9.17, 15) is 18.5 Å². The second-order valence-electron chi connectivity index (χ2n) is 3.79. The zero-order valence-corrected chi connectivity index (χ0v) is 13.0. The Kier molecular flexibility index (Phi) is 4.35. The van der Waals surface area contributed by atoms with E-state index in [0.717, 1.165) is 6.07 Å². The maximum Gasteiger partial charge on any atom is 0.300 e. The van der Waals surface area contributed by atoms with Gasteiger partial charge in [0.1, 0.15) is 9.96 Å². The summed E-state index contributed by atoms with van der Waals surface area (Å²) in [6, 6.07) is 7.33. The van der Waals surface area contributed by atoms with E-state index in [-0.39, 0.29) is 14.2 Å². The topological polar surface area (TPSA) is 98.5 Å². The summed E-state index contributed by atoms with van der Waals surface area (Å²) < 4.78 is 31.3. The Bertz CT molecular complexity index is 788. The Hall–Kier alpha value is -1.84. The van der Waals surface area contributed by atoms with Crippen LogP contribution in [-0.2, 0) is 10.0 Å². The quantitative estimate of drug-likeness (QED) is 0.661. The van der Waals surface area contributed by atoms with Gasteiger partial charge in [0.15, 0.2) is 4.34 Å². The highest BCUT2D eigenvalue weighted by molar-refractivity contribution is 7.94. The Labute approximate surface area is 129 Å². The number of hydrogen-bond donors (Lipinski definition) is 1. The van der Waals surface area contributed by atoms with Crippen LogP contribution in [0.2, 0.25) is 4.34 Å². The van der Waals surface area contributed by atoms with Gasteiger partial charge in [-0.05, 0) is 12.1 Å². The van der Waals surface area contributed by atoms with E-state index in [0.29, 0.717) is 17.1 Å². The van der Waals surface area contributed by atoms with Crippen molar-refractivity contribution in [3.63, 3.8) is 0 Å². The minimum atomic E-state index is -3.98. The lowest BCUT2D eigenvalue weighted by atomic mass is 10.3. The number of nitrogens with one attached hydrogen (secondary N) is 1. The molecule has 0 atom stereocenters. The van der Waals surface area contributed by atoms with E-state index >= 15 is 0 Å². The fourth-order valence-electron chi connectivity index (χ4n) is 1.52. The molecule has 7 nitrogen and oxygen atoms in total. The van der Waals surface area contributed by atoms with Crippen LogP contribution in [0.1, 0.15) is 0 Å². The molecule has 1 aromatic heterocycles. The third kappa shape index (κ3) is 3.26. The summed E-state index contributed by atoms with van der Waals surface area (Å²) >= 11 is 6.28. The summed E-state index contributed by atoms with van der Waals surface area (Å²) in [5.41, 5.74) is -0.214. The molecule has 112 valence electrons. The first-order chi connectivity index (χ1) is 9.85. The Morgan fingerprint density at radius 3 is 2.62 bits per heavy atom. The average molecular weight is 349 g/mol. The molecule has 0 radical (unpaired) electrons. The number of anilines is 1. The van der Waals surface area contributed by atoms with Gasteiger partial charge in [-0.15, -0.1) is 11.3 Å². The molecule has 0 bridgehead atoms. The number of halogens is 1. The normalized spacial score (nSPS) is 11.1. The van der Waals surface area contributed by atoms with Crippen LogP contribution in [0.5, 0.6) is 5.75 Å². The van der Waals surface area contributed by atoms with Gasteiger partial charge in [-0.3, -0.25) is 14.8 Å². The van der Waals surface area contributed by atoms with Crippen LogP contribution < -0.4 is 9.46 Å². The van der Waals surface area contributed by atoms with E-state index in [4.69, 9.17) is 16.3 Å². The van der Waals surface area contributed by atoms with Crippen molar-refractivity contribution in [1.29, 1.82) is 0 Å². The molecule has 0 aliphatic carbocycles. The van der Waals surface area contributed by atoms with Crippen molar-refractivity contribution in [2.75, 3.05) is 11.8 Å². The molecular weight excluding hydrogens is 340 g/mol. The summed E-state index contributed by atoms with van der Waals surface area (Å²) in [5.74, 6) is 0.332. The molecule has 0 amide bonds. The third-order valence-electron chi connectivity index (χ3n) is 2.46. The summed E-state index contributed by atoms with van der Waals surface area (Å²) in [6.07, 6.45) is 0. The zero-order chi connectivity index (χ0) is 15.6. The standard InChI is InChI=1S/C11H9ClN2O5S2/c1-19-9-5-3-2-4-7(9)13-21(17,18)10-6-8(14(15)16)11(12)20-10/h2-6,13H,1H3. The van der Waals surface area contributed by atoms with Crippen LogP contribution in [0, 0.1) is 10.1 Å². The van der Waals surface area contributed by atoms with E-state index < -0.39 is 20.6 Å². The fraction of sp³-hybridized carbons (Fsp3) is 0.0909. The first kappa shape index (κ1) is 15.5. The highest BCUT2D eigenvalue weighted by atomic mass is 35.5. The number of nitro groups is 1. The number of rotatable bonds is 5. The lowest BCUT2D eigenvalue weighted by molar-refractivity contribution is -0.384. The molecule has 1 aromatic carbocycles. The van der Waals surface area contributed by atoms with E-state index in [1.165, 1.54) is 13.2 Å². The number of hydrogen-bond acceptors (Lipinski definition) is 6. The highest BCUT2D eigenvalue weighted by Crippen LogP contribution is 2.37. The van der Waals surface area contributed by atoms with Gasteiger partial charge in [-0.25, -0.2) is 8.42 Å². The first-order valence-electron chi connectivity index (χ1n) is 5.44. The van der Waals surface area contributed by atoms with Gasteiger partial charge in [0.2, 0.25) is 0 Å². The molecule has 0 aliphatic heterocycles. The Morgan fingerprint density at radius 1 is 1.38 bits per heavy atom. The number of thiophene rings is 1. The van der Waals surface area contributed by atoms with Gasteiger partial charge in [0, 0.05) is 6.07 Å². The average Bonchev–Trinajstić information content (AvgIpc) is 2.82. The summed E-state index contributed by atoms with van der Waals surface area (Å²) in [4.78, 5) is 9.98.